The molecule has 0 aliphatic rings. The highest BCUT2D eigenvalue weighted by atomic mass is 31.2. The Kier molecular flexibility index (Phi) is 10.1. The summed E-state index contributed by atoms with van der Waals surface area (Å²) in [6.45, 7) is 2.27. The van der Waals surface area contributed by atoms with E-state index in [0.29, 0.717) is 0 Å². The Morgan fingerprint density at radius 3 is 1.52 bits per heavy atom. The summed E-state index contributed by atoms with van der Waals surface area (Å²) in [7, 11) is -0.943. The van der Waals surface area contributed by atoms with Gasteiger partial charge in [-0.25, -0.2) is 0 Å². The molecule has 2 aromatic carbocycles. The molecule has 0 heterocycles. The zero-order chi connectivity index (χ0) is 17.6. The minimum atomic E-state index is -0.943. The highest BCUT2D eigenvalue weighted by Crippen LogP contribution is 2.41. The third-order valence-electron chi connectivity index (χ3n) is 4.10. The lowest BCUT2D eigenvalue weighted by Crippen LogP contribution is -2.00. The molecule has 3 heteroatoms. The van der Waals surface area contributed by atoms with Crippen molar-refractivity contribution in [1.29, 1.82) is 0 Å². The Balaban J connectivity index is 1.74. The van der Waals surface area contributed by atoms with E-state index < -0.39 is 8.38 Å². The van der Waals surface area contributed by atoms with Gasteiger partial charge in [0.15, 0.2) is 0 Å². The minimum Gasteiger partial charge on any atom is -0.439 e. The molecule has 0 bridgehead atoms. The molecule has 0 unspecified atom stereocenters. The highest BCUT2D eigenvalue weighted by Gasteiger charge is 2.14. The van der Waals surface area contributed by atoms with Crippen molar-refractivity contribution in [3.63, 3.8) is 0 Å². The van der Waals surface area contributed by atoms with Gasteiger partial charge in [0.2, 0.25) is 0 Å². The molecule has 2 rings (SSSR count). The maximum absolute atomic E-state index is 6.12. The van der Waals surface area contributed by atoms with Crippen molar-refractivity contribution in [1.82, 2.24) is 0 Å². The molecule has 2 nitrogen and oxygen atoms in total. The highest BCUT2D eigenvalue weighted by molar-refractivity contribution is 7.48. The van der Waals surface area contributed by atoms with E-state index in [0.717, 1.165) is 17.7 Å². The molecule has 25 heavy (non-hydrogen) atoms. The average molecular weight is 358 g/mol. The number of hydrogen-bond acceptors (Lipinski definition) is 2. The first kappa shape index (κ1) is 19.8. The molecule has 0 amide bonds. The zero-order valence-corrected chi connectivity index (χ0v) is 16.3. The molecule has 0 saturated carbocycles. The lowest BCUT2D eigenvalue weighted by Gasteiger charge is -2.18. The van der Waals surface area contributed by atoms with Gasteiger partial charge in [-0.1, -0.05) is 88.3 Å². The molecule has 136 valence electrons. The van der Waals surface area contributed by atoms with Crippen LogP contribution in [0.15, 0.2) is 60.7 Å². The predicted molar refractivity (Wildman–Crippen MR) is 109 cm³/mol. The van der Waals surface area contributed by atoms with Crippen LogP contribution in [0.2, 0.25) is 0 Å². The van der Waals surface area contributed by atoms with Gasteiger partial charge in [-0.05, 0) is 30.7 Å². The normalized spacial score (nSPS) is 10.8. The molecule has 0 aromatic heterocycles. The average Bonchev–Trinajstić information content (AvgIpc) is 2.65. The summed E-state index contributed by atoms with van der Waals surface area (Å²) < 4.78 is 12.2. The Bertz CT molecular complexity index is 503. The Hall–Kier alpha value is -1.53. The Morgan fingerprint density at radius 2 is 1.04 bits per heavy atom. The zero-order valence-electron chi connectivity index (χ0n) is 15.4. The molecule has 0 saturated heterocycles. The van der Waals surface area contributed by atoms with Crippen LogP contribution in [0.3, 0.4) is 0 Å². The van der Waals surface area contributed by atoms with Gasteiger partial charge in [0.1, 0.15) is 11.5 Å². The summed E-state index contributed by atoms with van der Waals surface area (Å²) in [5, 5.41) is 0. The maximum Gasteiger partial charge on any atom is 0.290 e. The predicted octanol–water partition coefficient (Wildman–Crippen LogP) is 7.60. The summed E-state index contributed by atoms with van der Waals surface area (Å²) in [5.74, 6) is 1.79. The first-order valence-corrected chi connectivity index (χ1v) is 11.0. The fourth-order valence-corrected chi connectivity index (χ4v) is 4.10. The van der Waals surface area contributed by atoms with E-state index >= 15 is 0 Å². The first-order chi connectivity index (χ1) is 12.4. The van der Waals surface area contributed by atoms with Crippen LogP contribution in [0.4, 0.5) is 0 Å². The van der Waals surface area contributed by atoms with Gasteiger partial charge in [-0.3, -0.25) is 0 Å². The number of unbranched alkanes of at least 4 members (excludes halogenated alkanes) is 7. The molecule has 0 radical (unpaired) electrons. The van der Waals surface area contributed by atoms with Crippen LogP contribution in [-0.2, 0) is 0 Å². The van der Waals surface area contributed by atoms with E-state index in [9.17, 15) is 0 Å². The summed E-state index contributed by atoms with van der Waals surface area (Å²) in [4.78, 5) is 0. The summed E-state index contributed by atoms with van der Waals surface area (Å²) in [6.07, 6.45) is 11.6. The smallest absolute Gasteiger partial charge is 0.290 e. The van der Waals surface area contributed by atoms with Crippen molar-refractivity contribution in [3.05, 3.63) is 60.7 Å². The van der Waals surface area contributed by atoms with Crippen molar-refractivity contribution in [2.75, 3.05) is 6.16 Å². The van der Waals surface area contributed by atoms with Crippen LogP contribution in [0, 0.1) is 0 Å². The lowest BCUT2D eigenvalue weighted by atomic mass is 10.1. The summed E-state index contributed by atoms with van der Waals surface area (Å²) in [6, 6.07) is 20.0. The molecule has 0 aliphatic heterocycles. The quantitative estimate of drug-likeness (QED) is 0.271. The number of rotatable bonds is 13. The molecular formula is C22H31O2P. The number of benzene rings is 2. The first-order valence-electron chi connectivity index (χ1n) is 9.62. The second kappa shape index (κ2) is 12.8. The van der Waals surface area contributed by atoms with Crippen molar-refractivity contribution in [2.45, 2.75) is 58.3 Å². The third kappa shape index (κ3) is 8.93. The van der Waals surface area contributed by atoms with Gasteiger partial charge in [0.05, 0.1) is 0 Å². The van der Waals surface area contributed by atoms with Crippen molar-refractivity contribution in [2.24, 2.45) is 0 Å². The topological polar surface area (TPSA) is 18.5 Å². The largest absolute Gasteiger partial charge is 0.439 e. The SMILES string of the molecule is CCCCCCCCCCP(Oc1ccccc1)Oc1ccccc1. The molecule has 2 aromatic rings. The second-order valence-electron chi connectivity index (χ2n) is 6.34. The van der Waals surface area contributed by atoms with Crippen LogP contribution in [0.1, 0.15) is 58.3 Å². The van der Waals surface area contributed by atoms with Crippen molar-refractivity contribution >= 4 is 8.38 Å². The van der Waals surface area contributed by atoms with Gasteiger partial charge in [0, 0.05) is 6.16 Å². The van der Waals surface area contributed by atoms with Gasteiger partial charge in [-0.2, -0.15) is 0 Å². The molecule has 0 atom stereocenters. The van der Waals surface area contributed by atoms with Crippen LogP contribution in [0.25, 0.3) is 0 Å². The third-order valence-corrected chi connectivity index (χ3v) is 5.61. The lowest BCUT2D eigenvalue weighted by molar-refractivity contribution is 0.484. The fraction of sp³-hybridized carbons (Fsp3) is 0.455. The Morgan fingerprint density at radius 1 is 0.600 bits per heavy atom. The standard InChI is InChI=1S/C22H31O2P/c1-2-3-4-5-6-7-8-15-20-25(23-21-16-11-9-12-17-21)24-22-18-13-10-14-19-22/h9-14,16-19H,2-8,15,20H2,1H3. The van der Waals surface area contributed by atoms with Crippen molar-refractivity contribution in [3.8, 4) is 11.5 Å². The molecule has 0 fully saturated rings. The monoisotopic (exact) mass is 358 g/mol. The van der Waals surface area contributed by atoms with Gasteiger partial charge < -0.3 is 9.05 Å². The van der Waals surface area contributed by atoms with Crippen LogP contribution in [0.5, 0.6) is 11.5 Å². The molecular weight excluding hydrogens is 327 g/mol. The van der Waals surface area contributed by atoms with E-state index in [4.69, 9.17) is 9.05 Å². The van der Waals surface area contributed by atoms with Gasteiger partial charge in [0.25, 0.3) is 8.38 Å². The molecule has 0 spiro atoms. The van der Waals surface area contributed by atoms with Crippen LogP contribution >= 0.6 is 8.38 Å². The molecule has 0 aliphatic carbocycles. The fourth-order valence-electron chi connectivity index (χ4n) is 2.68. The maximum atomic E-state index is 6.12. The second-order valence-corrected chi connectivity index (χ2v) is 7.82. The Labute approximate surface area is 154 Å². The van der Waals surface area contributed by atoms with Crippen LogP contribution in [-0.4, -0.2) is 6.16 Å². The van der Waals surface area contributed by atoms with Crippen molar-refractivity contribution < 1.29 is 9.05 Å². The van der Waals surface area contributed by atoms with E-state index in [1.807, 2.05) is 60.7 Å². The number of para-hydroxylation sites is 2. The summed E-state index contributed by atoms with van der Waals surface area (Å²) >= 11 is 0. The van der Waals surface area contributed by atoms with Gasteiger partial charge in [-0.15, -0.1) is 0 Å². The molecule has 0 N–H and O–H groups in total. The van der Waals surface area contributed by atoms with Gasteiger partial charge >= 0.3 is 0 Å². The minimum absolute atomic E-state index is 0.893. The summed E-state index contributed by atoms with van der Waals surface area (Å²) in [5.41, 5.74) is 0. The van der Waals surface area contributed by atoms with E-state index in [2.05, 4.69) is 6.92 Å². The van der Waals surface area contributed by atoms with E-state index in [1.165, 1.54) is 51.4 Å². The van der Waals surface area contributed by atoms with Crippen LogP contribution < -0.4 is 9.05 Å². The van der Waals surface area contributed by atoms with E-state index in [-0.39, 0.29) is 0 Å². The van der Waals surface area contributed by atoms with E-state index in [1.54, 1.807) is 0 Å². The number of hydrogen-bond donors (Lipinski definition) is 0.